The van der Waals surface area contributed by atoms with Gasteiger partial charge in [0, 0.05) is 10.7 Å². The molecule has 2 N–H and O–H groups in total. The highest BCUT2D eigenvalue weighted by Crippen LogP contribution is 2.35. The zero-order chi connectivity index (χ0) is 23.1. The molecule has 8 heteroatoms. The van der Waals surface area contributed by atoms with Gasteiger partial charge in [-0.2, -0.15) is 0 Å². The van der Waals surface area contributed by atoms with Crippen molar-refractivity contribution in [2.24, 2.45) is 0 Å². The van der Waals surface area contributed by atoms with Crippen LogP contribution in [0.5, 0.6) is 11.5 Å². The number of allylic oxidation sites excluding steroid dienone is 1. The number of unbranched alkanes of at least 4 members (excludes halogenated alkanes) is 1. The number of benzene rings is 2. The minimum atomic E-state index is -0.665. The number of halogens is 1. The number of ether oxygens (including phenoxy) is 3. The van der Waals surface area contributed by atoms with Crippen LogP contribution in [0.15, 0.2) is 53.7 Å². The highest BCUT2D eigenvalue weighted by molar-refractivity contribution is 6.30. The number of esters is 1. The summed E-state index contributed by atoms with van der Waals surface area (Å²) in [5.74, 6) is 0.542. The molecule has 1 atom stereocenters. The third-order valence-electron chi connectivity index (χ3n) is 5.17. The van der Waals surface area contributed by atoms with Crippen LogP contribution in [0.4, 0.5) is 4.79 Å². The van der Waals surface area contributed by atoms with Crippen molar-refractivity contribution in [1.82, 2.24) is 10.6 Å². The normalized spacial score (nSPS) is 15.6. The zero-order valence-electron chi connectivity index (χ0n) is 18.4. The molecule has 2 aromatic carbocycles. The van der Waals surface area contributed by atoms with Crippen LogP contribution in [0.1, 0.15) is 43.4 Å². The van der Waals surface area contributed by atoms with Gasteiger partial charge in [0.05, 0.1) is 25.8 Å². The Kier molecular flexibility index (Phi) is 8.00. The largest absolute Gasteiger partial charge is 0.493 e. The maximum Gasteiger partial charge on any atom is 0.337 e. The smallest absolute Gasteiger partial charge is 0.337 e. The van der Waals surface area contributed by atoms with Crippen LogP contribution in [0, 0.1) is 0 Å². The molecule has 0 aromatic heterocycles. The second kappa shape index (κ2) is 10.9. The van der Waals surface area contributed by atoms with Crippen molar-refractivity contribution in [1.29, 1.82) is 0 Å². The van der Waals surface area contributed by atoms with Crippen molar-refractivity contribution in [2.75, 3.05) is 14.2 Å². The fourth-order valence-corrected chi connectivity index (χ4v) is 3.62. The Balaban J connectivity index is 1.90. The van der Waals surface area contributed by atoms with Crippen molar-refractivity contribution in [3.8, 4) is 11.5 Å². The summed E-state index contributed by atoms with van der Waals surface area (Å²) >= 11 is 5.93. The molecule has 1 aliphatic heterocycles. The molecule has 2 amide bonds. The molecule has 2 aromatic rings. The minimum Gasteiger partial charge on any atom is -0.493 e. The van der Waals surface area contributed by atoms with Crippen molar-refractivity contribution >= 4 is 23.6 Å². The monoisotopic (exact) mass is 458 g/mol. The molecule has 0 saturated carbocycles. The number of hydrogen-bond donors (Lipinski definition) is 2. The van der Waals surface area contributed by atoms with Crippen LogP contribution in [-0.4, -0.2) is 26.2 Å². The lowest BCUT2D eigenvalue weighted by atomic mass is 9.93. The summed E-state index contributed by atoms with van der Waals surface area (Å²) in [6.45, 7) is 2.39. The predicted octanol–water partition coefficient (Wildman–Crippen LogP) is 4.90. The Labute approximate surface area is 192 Å². The maximum absolute atomic E-state index is 12.6. The molecule has 3 rings (SSSR count). The Hall–Kier alpha value is -3.19. The minimum absolute atomic E-state index is 0.339. The molecular weight excluding hydrogens is 432 g/mol. The quantitative estimate of drug-likeness (QED) is 0.522. The van der Waals surface area contributed by atoms with Crippen LogP contribution < -0.4 is 20.1 Å². The number of rotatable bonds is 9. The summed E-state index contributed by atoms with van der Waals surface area (Å²) in [4.78, 5) is 24.9. The van der Waals surface area contributed by atoms with Gasteiger partial charge in [-0.1, -0.05) is 43.1 Å². The molecule has 32 heavy (non-hydrogen) atoms. The van der Waals surface area contributed by atoms with Gasteiger partial charge in [0.15, 0.2) is 11.5 Å². The fraction of sp³-hybridized carbons (Fsp3) is 0.333. The van der Waals surface area contributed by atoms with E-state index in [4.69, 9.17) is 25.8 Å². The van der Waals surface area contributed by atoms with E-state index < -0.39 is 12.0 Å². The van der Waals surface area contributed by atoms with E-state index in [1.807, 2.05) is 19.1 Å². The molecule has 0 radical (unpaired) electrons. The van der Waals surface area contributed by atoms with Crippen LogP contribution in [-0.2, 0) is 16.1 Å². The molecule has 1 heterocycles. The van der Waals surface area contributed by atoms with Crippen molar-refractivity contribution in [3.63, 3.8) is 0 Å². The average molecular weight is 459 g/mol. The number of nitrogens with one attached hydrogen (secondary N) is 2. The van der Waals surface area contributed by atoms with Crippen molar-refractivity contribution in [3.05, 3.63) is 69.9 Å². The molecule has 0 fully saturated rings. The number of carbonyl (C=O) groups excluding carboxylic acids is 2. The molecule has 170 valence electrons. The van der Waals surface area contributed by atoms with E-state index >= 15 is 0 Å². The maximum atomic E-state index is 12.6. The van der Waals surface area contributed by atoms with Crippen LogP contribution >= 0.6 is 11.6 Å². The van der Waals surface area contributed by atoms with Gasteiger partial charge in [-0.15, -0.1) is 0 Å². The molecule has 0 aliphatic carbocycles. The van der Waals surface area contributed by atoms with Gasteiger partial charge in [-0.3, -0.25) is 0 Å². The zero-order valence-corrected chi connectivity index (χ0v) is 19.1. The predicted molar refractivity (Wildman–Crippen MR) is 122 cm³/mol. The van der Waals surface area contributed by atoms with Crippen LogP contribution in [0.25, 0.3) is 0 Å². The Morgan fingerprint density at radius 2 is 1.84 bits per heavy atom. The summed E-state index contributed by atoms with van der Waals surface area (Å²) in [6, 6.07) is 11.7. The van der Waals surface area contributed by atoms with Gasteiger partial charge in [-0.05, 0) is 48.2 Å². The summed E-state index contributed by atoms with van der Waals surface area (Å²) in [5.41, 5.74) is 2.61. The van der Waals surface area contributed by atoms with Gasteiger partial charge in [0.1, 0.15) is 6.61 Å². The van der Waals surface area contributed by atoms with Gasteiger partial charge in [-0.25, -0.2) is 9.59 Å². The Morgan fingerprint density at radius 3 is 2.50 bits per heavy atom. The van der Waals surface area contributed by atoms with Crippen molar-refractivity contribution < 1.29 is 23.8 Å². The van der Waals surface area contributed by atoms with Crippen LogP contribution in [0.3, 0.4) is 0 Å². The lowest BCUT2D eigenvalue weighted by Crippen LogP contribution is -2.45. The SMILES string of the molecule is CCCCC1=C(C(=O)OC)C(c2ccc(OCc3ccc(Cl)cc3)c(OC)c2)NC(=O)N1. The molecule has 0 bridgehead atoms. The fourth-order valence-electron chi connectivity index (χ4n) is 3.49. The van der Waals surface area contributed by atoms with E-state index in [1.54, 1.807) is 37.4 Å². The standard InChI is InChI=1S/C24H27ClN2O5/c1-4-5-6-18-21(23(28)31-3)22(27-24(29)26-18)16-9-12-19(20(13-16)30-2)32-14-15-7-10-17(25)11-8-15/h7-13,22H,4-6,14H2,1-3H3,(H2,26,27,29). The van der Waals surface area contributed by atoms with Gasteiger partial charge < -0.3 is 24.8 Å². The number of urea groups is 1. The van der Waals surface area contributed by atoms with E-state index in [2.05, 4.69) is 10.6 Å². The highest BCUT2D eigenvalue weighted by Gasteiger charge is 2.33. The van der Waals surface area contributed by atoms with E-state index in [0.717, 1.165) is 18.4 Å². The number of carbonyl (C=O) groups is 2. The molecule has 7 nitrogen and oxygen atoms in total. The summed E-state index contributed by atoms with van der Waals surface area (Å²) in [6.07, 6.45) is 2.34. The van der Waals surface area contributed by atoms with Gasteiger partial charge in [0.25, 0.3) is 0 Å². The third kappa shape index (κ3) is 5.53. The number of hydrogen-bond acceptors (Lipinski definition) is 5. The summed E-state index contributed by atoms with van der Waals surface area (Å²) < 4.78 is 16.4. The van der Waals surface area contributed by atoms with Crippen LogP contribution in [0.2, 0.25) is 5.02 Å². The van der Waals surface area contributed by atoms with E-state index in [1.165, 1.54) is 7.11 Å². The van der Waals surface area contributed by atoms with E-state index in [9.17, 15) is 9.59 Å². The molecule has 0 saturated heterocycles. The topological polar surface area (TPSA) is 85.9 Å². The Bertz CT molecular complexity index is 1000. The molecule has 1 unspecified atom stereocenters. The molecular formula is C24H27ClN2O5. The summed E-state index contributed by atoms with van der Waals surface area (Å²) in [5, 5.41) is 6.24. The first-order valence-electron chi connectivity index (χ1n) is 10.4. The first-order chi connectivity index (χ1) is 15.5. The molecule has 0 spiro atoms. The summed E-state index contributed by atoms with van der Waals surface area (Å²) in [7, 11) is 2.87. The Morgan fingerprint density at radius 1 is 1.09 bits per heavy atom. The van der Waals surface area contributed by atoms with Gasteiger partial charge >= 0.3 is 12.0 Å². The first kappa shape index (κ1) is 23.5. The average Bonchev–Trinajstić information content (AvgIpc) is 2.81. The first-order valence-corrected chi connectivity index (χ1v) is 10.8. The van der Waals surface area contributed by atoms with Crippen molar-refractivity contribution in [2.45, 2.75) is 38.8 Å². The van der Waals surface area contributed by atoms with E-state index in [0.29, 0.717) is 46.4 Å². The number of amides is 2. The lowest BCUT2D eigenvalue weighted by molar-refractivity contribution is -0.136. The second-order valence-corrected chi connectivity index (χ2v) is 7.78. The highest BCUT2D eigenvalue weighted by atomic mass is 35.5. The molecule has 1 aliphatic rings. The number of methoxy groups -OCH3 is 2. The van der Waals surface area contributed by atoms with Gasteiger partial charge in [0.2, 0.25) is 0 Å². The lowest BCUT2D eigenvalue weighted by Gasteiger charge is -2.29. The van der Waals surface area contributed by atoms with E-state index in [-0.39, 0.29) is 6.03 Å². The second-order valence-electron chi connectivity index (χ2n) is 7.34. The third-order valence-corrected chi connectivity index (χ3v) is 5.42.